The molecule has 0 amide bonds. The summed E-state index contributed by atoms with van der Waals surface area (Å²) < 4.78 is 0. The van der Waals surface area contributed by atoms with Crippen LogP contribution < -0.4 is 0 Å². The van der Waals surface area contributed by atoms with Crippen LogP contribution in [0.2, 0.25) is 0 Å². The van der Waals surface area contributed by atoms with Gasteiger partial charge in [0.15, 0.2) is 0 Å². The van der Waals surface area contributed by atoms with Gasteiger partial charge in [-0.25, -0.2) is 0 Å². The Morgan fingerprint density at radius 3 is 2.69 bits per heavy atom. The molecule has 0 aliphatic carbocycles. The zero-order chi connectivity index (χ0) is 9.68. The molecular weight excluding hydrogens is 184 g/mol. The Labute approximate surface area is 81.4 Å². The molecule has 0 aliphatic rings. The van der Waals surface area contributed by atoms with Crippen LogP contribution in [0.4, 0.5) is 0 Å². The van der Waals surface area contributed by atoms with E-state index in [1.165, 1.54) is 11.3 Å². The van der Waals surface area contributed by atoms with E-state index in [9.17, 15) is 0 Å². The van der Waals surface area contributed by atoms with Crippen LogP contribution in [0.1, 0.15) is 23.9 Å². The lowest BCUT2D eigenvalue weighted by molar-refractivity contribution is 0.280. The molecule has 4 heteroatoms. The van der Waals surface area contributed by atoms with E-state index in [0.29, 0.717) is 5.01 Å². The van der Waals surface area contributed by atoms with Crippen LogP contribution in [0.25, 0.3) is 5.57 Å². The molecule has 0 aromatic carbocycles. The molecule has 1 rings (SSSR count). The molecule has 0 fully saturated rings. The third kappa shape index (κ3) is 2.47. The highest BCUT2D eigenvalue weighted by Gasteiger charge is 2.04. The normalized spacial score (nSPS) is 12.7. The average molecular weight is 196 g/mol. The van der Waals surface area contributed by atoms with Gasteiger partial charge in [0.05, 0.1) is 6.61 Å². The highest BCUT2D eigenvalue weighted by Crippen LogP contribution is 2.20. The van der Waals surface area contributed by atoms with Gasteiger partial charge in [-0.15, -0.1) is 10.2 Å². The molecule has 1 aromatic heterocycles. The third-order valence-corrected chi connectivity index (χ3v) is 2.46. The monoisotopic (exact) mass is 196 g/mol. The Morgan fingerprint density at radius 2 is 2.23 bits per heavy atom. The van der Waals surface area contributed by atoms with Crippen molar-refractivity contribution in [1.29, 1.82) is 0 Å². The SMILES string of the molecule is CC=CC(=CC)c1nnc(CO)s1. The lowest BCUT2D eigenvalue weighted by atomic mass is 10.2. The Hall–Kier alpha value is -1.00. The molecule has 1 heterocycles. The van der Waals surface area contributed by atoms with Gasteiger partial charge in [0, 0.05) is 5.57 Å². The van der Waals surface area contributed by atoms with E-state index >= 15 is 0 Å². The molecule has 70 valence electrons. The minimum Gasteiger partial charge on any atom is -0.389 e. The predicted molar refractivity (Wildman–Crippen MR) is 54.3 cm³/mol. The van der Waals surface area contributed by atoms with Crippen LogP contribution in [0.5, 0.6) is 0 Å². The first-order chi connectivity index (χ1) is 6.31. The fourth-order valence-electron chi connectivity index (χ4n) is 0.905. The average Bonchev–Trinajstić information content (AvgIpc) is 2.62. The molecule has 0 radical (unpaired) electrons. The van der Waals surface area contributed by atoms with E-state index in [4.69, 9.17) is 5.11 Å². The van der Waals surface area contributed by atoms with Gasteiger partial charge in [0.25, 0.3) is 0 Å². The van der Waals surface area contributed by atoms with Gasteiger partial charge < -0.3 is 5.11 Å². The van der Waals surface area contributed by atoms with E-state index in [0.717, 1.165) is 10.6 Å². The number of hydrogen-bond donors (Lipinski definition) is 1. The van der Waals surface area contributed by atoms with E-state index in [1.807, 2.05) is 32.1 Å². The molecule has 0 spiro atoms. The van der Waals surface area contributed by atoms with E-state index in [-0.39, 0.29) is 6.61 Å². The quantitative estimate of drug-likeness (QED) is 0.752. The molecule has 0 atom stereocenters. The van der Waals surface area contributed by atoms with E-state index in [1.54, 1.807) is 0 Å². The molecular formula is C9H12N2OS. The van der Waals surface area contributed by atoms with Crippen molar-refractivity contribution in [3.8, 4) is 0 Å². The van der Waals surface area contributed by atoms with Gasteiger partial charge in [-0.3, -0.25) is 0 Å². The number of aliphatic hydroxyl groups excluding tert-OH is 1. The second-order valence-electron chi connectivity index (χ2n) is 2.40. The van der Waals surface area contributed by atoms with Gasteiger partial charge in [-0.2, -0.15) is 0 Å². The number of nitrogens with zero attached hydrogens (tertiary/aromatic N) is 2. The summed E-state index contributed by atoms with van der Waals surface area (Å²) in [6, 6.07) is 0. The lowest BCUT2D eigenvalue weighted by Gasteiger charge is -1.91. The third-order valence-electron chi connectivity index (χ3n) is 1.51. The van der Waals surface area contributed by atoms with Crippen molar-refractivity contribution >= 4 is 16.9 Å². The number of rotatable bonds is 3. The summed E-state index contributed by atoms with van der Waals surface area (Å²) in [7, 11) is 0. The zero-order valence-corrected chi connectivity index (χ0v) is 8.51. The minimum atomic E-state index is -0.0372. The molecule has 0 aliphatic heterocycles. The summed E-state index contributed by atoms with van der Waals surface area (Å²) in [6.07, 6.45) is 5.90. The first kappa shape index (κ1) is 10.1. The minimum absolute atomic E-state index is 0.0372. The molecule has 13 heavy (non-hydrogen) atoms. The first-order valence-corrected chi connectivity index (χ1v) is 4.86. The summed E-state index contributed by atoms with van der Waals surface area (Å²) in [5, 5.41) is 18.1. The van der Waals surface area contributed by atoms with Crippen molar-refractivity contribution in [3.05, 3.63) is 28.2 Å². The summed E-state index contributed by atoms with van der Waals surface area (Å²) >= 11 is 1.41. The van der Waals surface area contributed by atoms with Gasteiger partial charge in [-0.05, 0) is 13.8 Å². The van der Waals surface area contributed by atoms with Crippen LogP contribution in [0.3, 0.4) is 0 Å². The first-order valence-electron chi connectivity index (χ1n) is 4.04. The topological polar surface area (TPSA) is 46.0 Å². The largest absolute Gasteiger partial charge is 0.389 e. The number of aliphatic hydroxyl groups is 1. The Bertz CT molecular complexity index is 328. The Kier molecular flexibility index (Phi) is 3.79. The van der Waals surface area contributed by atoms with Crippen molar-refractivity contribution in [2.45, 2.75) is 20.5 Å². The van der Waals surface area contributed by atoms with Crippen molar-refractivity contribution in [2.75, 3.05) is 0 Å². The van der Waals surface area contributed by atoms with Gasteiger partial charge in [0.2, 0.25) is 0 Å². The number of allylic oxidation sites excluding steroid dienone is 4. The van der Waals surface area contributed by atoms with Crippen molar-refractivity contribution in [2.24, 2.45) is 0 Å². The van der Waals surface area contributed by atoms with Crippen molar-refractivity contribution < 1.29 is 5.11 Å². The zero-order valence-electron chi connectivity index (χ0n) is 7.69. The molecule has 0 saturated carbocycles. The molecule has 0 saturated heterocycles. The Balaban J connectivity index is 2.92. The lowest BCUT2D eigenvalue weighted by Crippen LogP contribution is -1.80. The van der Waals surface area contributed by atoms with Gasteiger partial charge in [-0.1, -0.05) is 29.6 Å². The molecule has 0 bridgehead atoms. The second kappa shape index (κ2) is 4.89. The highest BCUT2D eigenvalue weighted by atomic mass is 32.1. The van der Waals surface area contributed by atoms with Crippen molar-refractivity contribution in [1.82, 2.24) is 10.2 Å². The standard InChI is InChI=1S/C9H12N2OS/c1-3-5-7(4-2)9-11-10-8(6-12)13-9/h3-5,12H,6H2,1-2H3. The van der Waals surface area contributed by atoms with Crippen molar-refractivity contribution in [3.63, 3.8) is 0 Å². The summed E-state index contributed by atoms with van der Waals surface area (Å²) in [5.41, 5.74) is 1.04. The fourth-order valence-corrected chi connectivity index (χ4v) is 1.66. The summed E-state index contributed by atoms with van der Waals surface area (Å²) in [5.74, 6) is 0. The van der Waals surface area contributed by atoms with Gasteiger partial charge in [0.1, 0.15) is 10.0 Å². The molecule has 3 nitrogen and oxygen atoms in total. The molecule has 0 unspecified atom stereocenters. The maximum atomic E-state index is 8.81. The fraction of sp³-hybridized carbons (Fsp3) is 0.333. The van der Waals surface area contributed by atoms with Crippen LogP contribution in [0.15, 0.2) is 18.2 Å². The maximum absolute atomic E-state index is 8.81. The maximum Gasteiger partial charge on any atom is 0.147 e. The van der Waals surface area contributed by atoms with Crippen LogP contribution in [0, 0.1) is 0 Å². The molecule has 1 N–H and O–H groups in total. The number of hydrogen-bond acceptors (Lipinski definition) is 4. The van der Waals surface area contributed by atoms with Crippen LogP contribution >= 0.6 is 11.3 Å². The predicted octanol–water partition coefficient (Wildman–Crippen LogP) is 2.01. The Morgan fingerprint density at radius 1 is 1.46 bits per heavy atom. The van der Waals surface area contributed by atoms with Crippen LogP contribution in [-0.2, 0) is 6.61 Å². The molecule has 1 aromatic rings. The number of aromatic nitrogens is 2. The van der Waals surface area contributed by atoms with E-state index < -0.39 is 0 Å². The van der Waals surface area contributed by atoms with Crippen LogP contribution in [-0.4, -0.2) is 15.3 Å². The smallest absolute Gasteiger partial charge is 0.147 e. The highest BCUT2D eigenvalue weighted by molar-refractivity contribution is 7.12. The summed E-state index contributed by atoms with van der Waals surface area (Å²) in [6.45, 7) is 3.87. The summed E-state index contributed by atoms with van der Waals surface area (Å²) in [4.78, 5) is 0. The van der Waals surface area contributed by atoms with Gasteiger partial charge >= 0.3 is 0 Å². The second-order valence-corrected chi connectivity index (χ2v) is 3.47. The van der Waals surface area contributed by atoms with E-state index in [2.05, 4.69) is 10.2 Å².